The zero-order chi connectivity index (χ0) is 15.9. The fraction of sp³-hybridized carbons (Fsp3) is 0.353. The number of hydrogen-bond acceptors (Lipinski definition) is 6. The second-order valence-corrected chi connectivity index (χ2v) is 7.38. The van der Waals surface area contributed by atoms with Gasteiger partial charge >= 0.3 is 0 Å². The number of hydrogen-bond donors (Lipinski definition) is 1. The van der Waals surface area contributed by atoms with Crippen molar-refractivity contribution < 1.29 is 0 Å². The van der Waals surface area contributed by atoms with E-state index in [-0.39, 0.29) is 0 Å². The predicted octanol–water partition coefficient (Wildman–Crippen LogP) is 3.32. The van der Waals surface area contributed by atoms with Gasteiger partial charge in [-0.2, -0.15) is 9.61 Å². The van der Waals surface area contributed by atoms with Gasteiger partial charge in [-0.15, -0.1) is 10.2 Å². The lowest BCUT2D eigenvalue weighted by atomic mass is 10.1. The average Bonchev–Trinajstić information content (AvgIpc) is 3.04. The lowest BCUT2D eigenvalue weighted by molar-refractivity contribution is 0.214. The van der Waals surface area contributed by atoms with E-state index in [0.29, 0.717) is 0 Å². The van der Waals surface area contributed by atoms with Crippen molar-refractivity contribution >= 4 is 28.8 Å². The Morgan fingerprint density at radius 3 is 2.83 bits per heavy atom. The van der Waals surface area contributed by atoms with Gasteiger partial charge in [-0.05, 0) is 38.1 Å². The summed E-state index contributed by atoms with van der Waals surface area (Å²) in [5.41, 5.74) is 2.93. The van der Waals surface area contributed by atoms with E-state index in [1.54, 1.807) is 11.8 Å². The van der Waals surface area contributed by atoms with Crippen molar-refractivity contribution in [3.8, 4) is 0 Å². The SMILES string of the molecule is c1ccc2c(c1)Nc1c(cnn3c(CN4CCCCC4)nnc13)S2. The summed E-state index contributed by atoms with van der Waals surface area (Å²) in [6.07, 6.45) is 5.80. The molecule has 2 aliphatic rings. The molecule has 5 rings (SSSR count). The third-order valence-corrected chi connectivity index (χ3v) is 5.75. The summed E-state index contributed by atoms with van der Waals surface area (Å²) in [5, 5.41) is 16.9. The summed E-state index contributed by atoms with van der Waals surface area (Å²) < 4.78 is 1.88. The Morgan fingerprint density at radius 1 is 1.04 bits per heavy atom. The fourth-order valence-electron chi connectivity index (χ4n) is 3.40. The summed E-state index contributed by atoms with van der Waals surface area (Å²) in [5.74, 6) is 0.917. The van der Waals surface area contributed by atoms with Crippen LogP contribution in [0.2, 0.25) is 0 Å². The number of nitrogens with zero attached hydrogens (tertiary/aromatic N) is 5. The van der Waals surface area contributed by atoms with Crippen molar-refractivity contribution in [3.63, 3.8) is 0 Å². The van der Waals surface area contributed by atoms with Gasteiger partial charge < -0.3 is 5.32 Å². The van der Waals surface area contributed by atoms with Gasteiger partial charge in [0.05, 0.1) is 23.3 Å². The first kappa shape index (κ1) is 14.2. The third kappa shape index (κ3) is 2.35. The smallest absolute Gasteiger partial charge is 0.202 e. The van der Waals surface area contributed by atoms with E-state index in [9.17, 15) is 0 Å². The molecule has 0 bridgehead atoms. The van der Waals surface area contributed by atoms with Gasteiger partial charge in [0, 0.05) is 4.90 Å². The summed E-state index contributed by atoms with van der Waals surface area (Å²) >= 11 is 1.73. The second kappa shape index (κ2) is 5.75. The molecule has 0 amide bonds. The Morgan fingerprint density at radius 2 is 1.92 bits per heavy atom. The molecule has 2 aromatic heterocycles. The van der Waals surface area contributed by atoms with Crippen LogP contribution >= 0.6 is 11.8 Å². The highest BCUT2D eigenvalue weighted by molar-refractivity contribution is 7.99. The van der Waals surface area contributed by atoms with Crippen LogP contribution in [0.25, 0.3) is 5.65 Å². The molecule has 0 radical (unpaired) electrons. The maximum Gasteiger partial charge on any atom is 0.202 e. The topological polar surface area (TPSA) is 58.4 Å². The van der Waals surface area contributed by atoms with Gasteiger partial charge in [-0.25, -0.2) is 0 Å². The van der Waals surface area contributed by atoms with E-state index in [1.165, 1.54) is 24.2 Å². The lowest BCUT2D eigenvalue weighted by Gasteiger charge is -2.25. The zero-order valence-electron chi connectivity index (χ0n) is 13.3. The van der Waals surface area contributed by atoms with Crippen molar-refractivity contribution in [2.45, 2.75) is 35.6 Å². The first-order valence-corrected chi connectivity index (χ1v) is 9.20. The van der Waals surface area contributed by atoms with E-state index >= 15 is 0 Å². The number of likely N-dealkylation sites (tertiary alicyclic amines) is 1. The molecule has 122 valence electrons. The summed E-state index contributed by atoms with van der Waals surface area (Å²) in [7, 11) is 0. The minimum absolute atomic E-state index is 0.807. The molecule has 1 fully saturated rings. The number of aromatic nitrogens is 4. The monoisotopic (exact) mass is 338 g/mol. The maximum absolute atomic E-state index is 4.60. The Hall–Kier alpha value is -2.12. The number of piperidine rings is 1. The van der Waals surface area contributed by atoms with Crippen LogP contribution in [0.1, 0.15) is 25.1 Å². The van der Waals surface area contributed by atoms with Gasteiger partial charge in [0.25, 0.3) is 0 Å². The van der Waals surface area contributed by atoms with Crippen molar-refractivity contribution in [2.24, 2.45) is 0 Å². The molecule has 6 nitrogen and oxygen atoms in total. The van der Waals surface area contributed by atoms with Crippen LogP contribution in [-0.2, 0) is 6.54 Å². The van der Waals surface area contributed by atoms with E-state index in [0.717, 1.165) is 47.4 Å². The van der Waals surface area contributed by atoms with Gasteiger partial charge in [-0.3, -0.25) is 4.90 Å². The highest BCUT2D eigenvalue weighted by Gasteiger charge is 2.22. The lowest BCUT2D eigenvalue weighted by Crippen LogP contribution is -2.30. The number of para-hydroxylation sites is 1. The molecule has 4 heterocycles. The van der Waals surface area contributed by atoms with Crippen LogP contribution in [0.3, 0.4) is 0 Å². The highest BCUT2D eigenvalue weighted by Crippen LogP contribution is 2.44. The van der Waals surface area contributed by atoms with Gasteiger partial charge in [0.15, 0.2) is 5.82 Å². The van der Waals surface area contributed by atoms with E-state index < -0.39 is 0 Å². The molecule has 1 N–H and O–H groups in total. The molecule has 1 saturated heterocycles. The Bertz CT molecular complexity index is 899. The number of rotatable bonds is 2. The molecule has 3 aromatic rings. The van der Waals surface area contributed by atoms with E-state index in [2.05, 4.69) is 43.7 Å². The minimum atomic E-state index is 0.807. The predicted molar refractivity (Wildman–Crippen MR) is 93.8 cm³/mol. The Kier molecular flexibility index (Phi) is 3.41. The molecule has 0 unspecified atom stereocenters. The number of nitrogens with one attached hydrogen (secondary N) is 1. The van der Waals surface area contributed by atoms with Crippen LogP contribution in [0.4, 0.5) is 11.4 Å². The van der Waals surface area contributed by atoms with Crippen molar-refractivity contribution in [1.82, 2.24) is 24.7 Å². The van der Waals surface area contributed by atoms with Gasteiger partial charge in [0.1, 0.15) is 5.69 Å². The Balaban J connectivity index is 1.51. The summed E-state index contributed by atoms with van der Waals surface area (Å²) in [6.45, 7) is 3.10. The minimum Gasteiger partial charge on any atom is -0.350 e. The summed E-state index contributed by atoms with van der Waals surface area (Å²) in [6, 6.07) is 8.30. The molecular formula is C17H18N6S. The third-order valence-electron chi connectivity index (χ3n) is 4.65. The van der Waals surface area contributed by atoms with Crippen LogP contribution in [0, 0.1) is 0 Å². The van der Waals surface area contributed by atoms with E-state index in [1.807, 2.05) is 16.8 Å². The van der Waals surface area contributed by atoms with E-state index in [4.69, 9.17) is 0 Å². The standard InChI is InChI=1S/C17H18N6S/c1-4-8-22(9-5-1)11-15-20-21-17-16-14(10-18-23(15)17)24-13-7-3-2-6-12(13)19-16/h2-3,6-7,10,19H,1,4-5,8-9,11H2. The number of anilines is 2. The molecular weight excluding hydrogens is 320 g/mol. The first-order chi connectivity index (χ1) is 11.9. The number of benzene rings is 1. The van der Waals surface area contributed by atoms with Gasteiger partial charge in [0.2, 0.25) is 5.65 Å². The molecule has 1 aromatic carbocycles. The molecule has 0 atom stereocenters. The molecule has 2 aliphatic heterocycles. The fourth-order valence-corrected chi connectivity index (χ4v) is 4.35. The molecule has 0 spiro atoms. The van der Waals surface area contributed by atoms with Crippen LogP contribution in [0.5, 0.6) is 0 Å². The van der Waals surface area contributed by atoms with Crippen molar-refractivity contribution in [2.75, 3.05) is 18.4 Å². The molecule has 7 heteroatoms. The van der Waals surface area contributed by atoms with Crippen LogP contribution < -0.4 is 5.32 Å². The maximum atomic E-state index is 4.60. The molecule has 24 heavy (non-hydrogen) atoms. The van der Waals surface area contributed by atoms with Crippen LogP contribution in [-0.4, -0.2) is 37.8 Å². The van der Waals surface area contributed by atoms with Crippen molar-refractivity contribution in [3.05, 3.63) is 36.3 Å². The van der Waals surface area contributed by atoms with Crippen LogP contribution in [0.15, 0.2) is 40.3 Å². The first-order valence-electron chi connectivity index (χ1n) is 8.38. The average molecular weight is 338 g/mol. The zero-order valence-corrected chi connectivity index (χ0v) is 14.1. The number of fused-ring (bicyclic) bond motifs is 4. The quantitative estimate of drug-likeness (QED) is 0.605. The van der Waals surface area contributed by atoms with Gasteiger partial charge in [-0.1, -0.05) is 30.3 Å². The molecule has 0 saturated carbocycles. The second-order valence-electron chi connectivity index (χ2n) is 6.30. The Labute approximate surface area is 144 Å². The van der Waals surface area contributed by atoms with Crippen molar-refractivity contribution in [1.29, 1.82) is 0 Å². The highest BCUT2D eigenvalue weighted by atomic mass is 32.2. The molecule has 0 aliphatic carbocycles. The normalized spacial score (nSPS) is 17.3. The largest absolute Gasteiger partial charge is 0.350 e. The summed E-state index contributed by atoms with van der Waals surface area (Å²) in [4.78, 5) is 4.75.